The Hall–Kier alpha value is 0. The van der Waals surface area contributed by atoms with E-state index in [-0.39, 0.29) is 0 Å². The van der Waals surface area contributed by atoms with E-state index in [9.17, 15) is 0 Å². The van der Waals surface area contributed by atoms with Crippen molar-refractivity contribution in [2.75, 3.05) is 0 Å². The molecular weight excluding hydrogens is 625 g/mol. The summed E-state index contributed by atoms with van der Waals surface area (Å²) in [4.78, 5) is 0. The molecule has 0 aromatic carbocycles. The monoisotopic (exact) mass is 731 g/mol. The van der Waals surface area contributed by atoms with Crippen LogP contribution in [0.15, 0.2) is 0 Å². The van der Waals surface area contributed by atoms with Gasteiger partial charge >= 0.3 is 0 Å². The fraction of sp³-hybridized carbons (Fsp3) is 1.00. The van der Waals surface area contributed by atoms with Crippen molar-refractivity contribution in [2.24, 2.45) is 11.8 Å². The van der Waals surface area contributed by atoms with Crippen LogP contribution in [-0.2, 0) is 0 Å². The number of rotatable bonds is 47. The quantitative estimate of drug-likeness (QED) is 0.0547. The lowest BCUT2D eigenvalue weighted by Gasteiger charge is -2.28. The molecule has 0 fully saturated rings. The van der Waals surface area contributed by atoms with E-state index in [2.05, 4.69) is 27.7 Å². The Morgan fingerprint density at radius 1 is 0.154 bits per heavy atom. The van der Waals surface area contributed by atoms with Crippen LogP contribution in [0.25, 0.3) is 0 Å². The highest BCUT2D eigenvalue weighted by atomic mass is 14.3. The van der Waals surface area contributed by atoms with Crippen molar-refractivity contribution in [1.29, 1.82) is 0 Å². The minimum atomic E-state index is 1.02. The van der Waals surface area contributed by atoms with Gasteiger partial charge in [-0.3, -0.25) is 0 Å². The minimum absolute atomic E-state index is 1.02. The van der Waals surface area contributed by atoms with Crippen LogP contribution in [0, 0.1) is 11.8 Å². The third-order valence-electron chi connectivity index (χ3n) is 12.9. The maximum atomic E-state index is 2.34. The highest BCUT2D eigenvalue weighted by Gasteiger charge is 2.20. The molecule has 314 valence electrons. The summed E-state index contributed by atoms with van der Waals surface area (Å²) in [5.41, 5.74) is 0. The standard InChI is InChI=1S/C52H106/c1-5-9-13-17-21-25-29-30-34-38-42-46-50-52(49-45-41-37-33-28-24-20-16-12-8-4)51(47-43-39-35-31-26-22-18-14-10-6-2)48-44-40-36-32-27-23-19-15-11-7-3/h51-52H,5-50H2,1-4H3. The predicted molar refractivity (Wildman–Crippen MR) is 242 cm³/mol. The number of hydrogen-bond acceptors (Lipinski definition) is 0. The summed E-state index contributed by atoms with van der Waals surface area (Å²) >= 11 is 0. The minimum Gasteiger partial charge on any atom is -0.0654 e. The first kappa shape index (κ1) is 52.0. The lowest BCUT2D eigenvalue weighted by atomic mass is 9.78. The van der Waals surface area contributed by atoms with Gasteiger partial charge in [0.25, 0.3) is 0 Å². The SMILES string of the molecule is CCCCCCCCCCCCCCC(CCCCCCCCCCCC)C(CCCCCCCCCCCC)CCCCCCCCCCCC. The van der Waals surface area contributed by atoms with Gasteiger partial charge in [-0.2, -0.15) is 0 Å². The molecule has 0 aromatic rings. The molecule has 0 aliphatic heterocycles. The van der Waals surface area contributed by atoms with Crippen LogP contribution in [0.1, 0.15) is 323 Å². The third-order valence-corrected chi connectivity index (χ3v) is 12.9. The highest BCUT2D eigenvalue weighted by molar-refractivity contribution is 4.72. The molecule has 0 aromatic heterocycles. The zero-order chi connectivity index (χ0) is 37.7. The summed E-state index contributed by atoms with van der Waals surface area (Å²) in [6, 6.07) is 0. The van der Waals surface area contributed by atoms with Crippen molar-refractivity contribution < 1.29 is 0 Å². The third kappa shape index (κ3) is 41.2. The largest absolute Gasteiger partial charge is 0.0654 e. The molecule has 0 radical (unpaired) electrons. The summed E-state index contributed by atoms with van der Waals surface area (Å²) in [6.07, 6.45) is 68.3. The maximum Gasteiger partial charge on any atom is -0.0386 e. The van der Waals surface area contributed by atoms with Crippen LogP contribution >= 0.6 is 0 Å². The summed E-state index contributed by atoms with van der Waals surface area (Å²) in [5.74, 6) is 2.05. The topological polar surface area (TPSA) is 0 Å². The molecular formula is C52H106. The molecule has 0 aliphatic carbocycles. The van der Waals surface area contributed by atoms with Crippen molar-refractivity contribution in [1.82, 2.24) is 0 Å². The number of unbranched alkanes of at least 4 members (excludes halogenated alkanes) is 38. The van der Waals surface area contributed by atoms with Gasteiger partial charge in [0, 0.05) is 0 Å². The predicted octanol–water partition coefficient (Wildman–Crippen LogP) is 20.2. The van der Waals surface area contributed by atoms with E-state index in [1.807, 2.05) is 0 Å². The van der Waals surface area contributed by atoms with Gasteiger partial charge in [-0.1, -0.05) is 323 Å². The normalized spacial score (nSPS) is 12.4. The molecule has 0 saturated carbocycles. The smallest absolute Gasteiger partial charge is 0.0386 e. The molecule has 1 unspecified atom stereocenters. The molecule has 0 saturated heterocycles. The van der Waals surface area contributed by atoms with Gasteiger partial charge in [0.1, 0.15) is 0 Å². The van der Waals surface area contributed by atoms with E-state index in [4.69, 9.17) is 0 Å². The first-order valence-electron chi connectivity index (χ1n) is 25.8. The lowest BCUT2D eigenvalue weighted by Crippen LogP contribution is -2.16. The van der Waals surface area contributed by atoms with E-state index >= 15 is 0 Å². The fourth-order valence-electron chi connectivity index (χ4n) is 9.16. The maximum absolute atomic E-state index is 2.34. The Kier molecular flexibility index (Phi) is 47.2. The van der Waals surface area contributed by atoms with Crippen molar-refractivity contribution in [2.45, 2.75) is 323 Å². The molecule has 0 heterocycles. The zero-order valence-corrected chi connectivity index (χ0v) is 37.7. The summed E-state index contributed by atoms with van der Waals surface area (Å²) in [5, 5.41) is 0. The zero-order valence-electron chi connectivity index (χ0n) is 37.7. The second-order valence-electron chi connectivity index (χ2n) is 18.1. The second-order valence-corrected chi connectivity index (χ2v) is 18.1. The molecule has 0 heteroatoms. The van der Waals surface area contributed by atoms with Crippen molar-refractivity contribution in [3.05, 3.63) is 0 Å². The Morgan fingerprint density at radius 3 is 0.404 bits per heavy atom. The van der Waals surface area contributed by atoms with Crippen LogP contribution in [0.3, 0.4) is 0 Å². The molecule has 0 aliphatic rings. The van der Waals surface area contributed by atoms with Gasteiger partial charge in [-0.15, -0.1) is 0 Å². The Bertz CT molecular complexity index is 569. The van der Waals surface area contributed by atoms with Gasteiger partial charge in [-0.25, -0.2) is 0 Å². The van der Waals surface area contributed by atoms with Gasteiger partial charge in [-0.05, 0) is 11.8 Å². The Balaban J connectivity index is 4.81. The highest BCUT2D eigenvalue weighted by Crippen LogP contribution is 2.34. The van der Waals surface area contributed by atoms with E-state index in [0.29, 0.717) is 0 Å². The fourth-order valence-corrected chi connectivity index (χ4v) is 9.16. The van der Waals surface area contributed by atoms with E-state index in [0.717, 1.165) is 11.8 Å². The average molecular weight is 731 g/mol. The first-order chi connectivity index (χ1) is 25.8. The molecule has 0 nitrogen and oxygen atoms in total. The summed E-state index contributed by atoms with van der Waals surface area (Å²) < 4.78 is 0. The van der Waals surface area contributed by atoms with Crippen molar-refractivity contribution in [3.8, 4) is 0 Å². The average Bonchev–Trinajstić information content (AvgIpc) is 3.15. The molecule has 52 heavy (non-hydrogen) atoms. The van der Waals surface area contributed by atoms with Crippen LogP contribution in [0.2, 0.25) is 0 Å². The van der Waals surface area contributed by atoms with Crippen molar-refractivity contribution >= 4 is 0 Å². The van der Waals surface area contributed by atoms with Crippen LogP contribution in [0.5, 0.6) is 0 Å². The molecule has 0 N–H and O–H groups in total. The first-order valence-corrected chi connectivity index (χ1v) is 25.8. The molecule has 0 rings (SSSR count). The van der Waals surface area contributed by atoms with Crippen LogP contribution in [-0.4, -0.2) is 0 Å². The summed E-state index contributed by atoms with van der Waals surface area (Å²) in [7, 11) is 0. The lowest BCUT2D eigenvalue weighted by molar-refractivity contribution is 0.236. The van der Waals surface area contributed by atoms with Gasteiger partial charge < -0.3 is 0 Å². The van der Waals surface area contributed by atoms with E-state index in [1.165, 1.54) is 270 Å². The van der Waals surface area contributed by atoms with E-state index in [1.54, 1.807) is 25.7 Å². The number of hydrogen-bond donors (Lipinski definition) is 0. The molecule has 0 amide bonds. The summed E-state index contributed by atoms with van der Waals surface area (Å²) in [6.45, 7) is 9.34. The van der Waals surface area contributed by atoms with Crippen LogP contribution in [0.4, 0.5) is 0 Å². The molecule has 0 bridgehead atoms. The molecule has 1 atom stereocenters. The second kappa shape index (κ2) is 47.2. The van der Waals surface area contributed by atoms with E-state index < -0.39 is 0 Å². The van der Waals surface area contributed by atoms with Crippen molar-refractivity contribution in [3.63, 3.8) is 0 Å². The Labute approximate surface area is 333 Å². The Morgan fingerprint density at radius 2 is 0.269 bits per heavy atom. The molecule has 0 spiro atoms. The van der Waals surface area contributed by atoms with Gasteiger partial charge in [0.05, 0.1) is 0 Å². The van der Waals surface area contributed by atoms with Crippen LogP contribution < -0.4 is 0 Å². The van der Waals surface area contributed by atoms with Gasteiger partial charge in [0.15, 0.2) is 0 Å². The van der Waals surface area contributed by atoms with Gasteiger partial charge in [0.2, 0.25) is 0 Å².